The number of para-hydroxylation sites is 1. The van der Waals surface area contributed by atoms with Gasteiger partial charge in [0.1, 0.15) is 28.8 Å². The molecule has 0 bridgehead atoms. The number of esters is 4. The maximum Gasteiger partial charge on any atom is 0.343 e. The minimum Gasteiger partial charge on any atom is -0.494 e. The normalized spacial score (nSPS) is 10.8. The van der Waals surface area contributed by atoms with Crippen LogP contribution in [0.2, 0.25) is 0 Å². The standard InChI is InChI=1S/C48H49N3O10/c1-3-45(52)58-31-13-7-5-11-29-56-39-22-17-36(18-23-39)47(54)60-41-26-27-43(38(33-41)34-49-51-44-28-21-35-15-9-10-16-42(35)50-44)61-48(55)37-19-24-40(25-20-37)57-30-12-6-8-14-32-59-46(53)4-2/h3-4,9-10,15-28,33-34H,1-2,5-8,11-14,29-32H2,(H,50,51)/b49-34-. The number of hydrogen-bond donors (Lipinski definition) is 1. The second-order valence-corrected chi connectivity index (χ2v) is 13.6. The molecule has 1 aromatic heterocycles. The number of anilines is 1. The predicted octanol–water partition coefficient (Wildman–Crippen LogP) is 9.46. The zero-order valence-corrected chi connectivity index (χ0v) is 33.9. The second kappa shape index (κ2) is 24.6. The molecule has 1 N–H and O–H groups in total. The van der Waals surface area contributed by atoms with Gasteiger partial charge in [-0.25, -0.2) is 24.2 Å². The number of pyridine rings is 1. The van der Waals surface area contributed by atoms with Crippen molar-refractivity contribution in [3.8, 4) is 23.0 Å². The summed E-state index contributed by atoms with van der Waals surface area (Å²) in [6, 6.07) is 29.3. The smallest absolute Gasteiger partial charge is 0.343 e. The van der Waals surface area contributed by atoms with Gasteiger partial charge in [0.25, 0.3) is 0 Å². The van der Waals surface area contributed by atoms with Gasteiger partial charge >= 0.3 is 23.9 Å². The van der Waals surface area contributed by atoms with Crippen LogP contribution in [0.25, 0.3) is 10.9 Å². The molecule has 1 heterocycles. The summed E-state index contributed by atoms with van der Waals surface area (Å²) in [5, 5.41) is 5.32. The molecule has 0 amide bonds. The van der Waals surface area contributed by atoms with Gasteiger partial charge in [0, 0.05) is 23.1 Å². The van der Waals surface area contributed by atoms with E-state index in [2.05, 4.69) is 28.7 Å². The van der Waals surface area contributed by atoms with Crippen LogP contribution in [0.3, 0.4) is 0 Å². The third-order valence-corrected chi connectivity index (χ3v) is 8.99. The van der Waals surface area contributed by atoms with E-state index in [1.807, 2.05) is 30.3 Å². The van der Waals surface area contributed by atoms with Crippen LogP contribution in [0, 0.1) is 0 Å². The quantitative estimate of drug-likeness (QED) is 0.0148. The fraction of sp³-hybridized carbons (Fsp3) is 0.250. The maximum atomic E-state index is 13.3. The molecule has 0 aliphatic carbocycles. The highest BCUT2D eigenvalue weighted by molar-refractivity contribution is 5.94. The number of hydrogen-bond acceptors (Lipinski definition) is 13. The molecule has 0 saturated carbocycles. The highest BCUT2D eigenvalue weighted by atomic mass is 16.5. The van der Waals surface area contributed by atoms with Crippen LogP contribution in [0.15, 0.2) is 134 Å². The monoisotopic (exact) mass is 827 g/mol. The number of unbranched alkanes of at least 4 members (excludes halogenated alkanes) is 6. The molecule has 0 radical (unpaired) electrons. The maximum absolute atomic E-state index is 13.3. The molecule has 316 valence electrons. The Morgan fingerprint density at radius 1 is 0.574 bits per heavy atom. The van der Waals surface area contributed by atoms with Gasteiger partial charge in [-0.2, -0.15) is 5.10 Å². The van der Waals surface area contributed by atoms with Crippen LogP contribution < -0.4 is 24.4 Å². The Bertz CT molecular complexity index is 2270. The lowest BCUT2D eigenvalue weighted by Gasteiger charge is -2.11. The Morgan fingerprint density at radius 3 is 1.67 bits per heavy atom. The molecule has 61 heavy (non-hydrogen) atoms. The summed E-state index contributed by atoms with van der Waals surface area (Å²) in [5.74, 6) is 0.0704. The van der Waals surface area contributed by atoms with E-state index in [9.17, 15) is 19.2 Å². The first-order valence-corrected chi connectivity index (χ1v) is 20.1. The molecule has 0 unspecified atom stereocenters. The molecule has 0 aliphatic heterocycles. The van der Waals surface area contributed by atoms with Crippen molar-refractivity contribution in [2.24, 2.45) is 5.10 Å². The summed E-state index contributed by atoms with van der Waals surface area (Å²) >= 11 is 0. The average Bonchev–Trinajstić information content (AvgIpc) is 3.29. The topological polar surface area (TPSA) is 161 Å². The lowest BCUT2D eigenvalue weighted by atomic mass is 10.2. The molecule has 5 aromatic rings. The fourth-order valence-electron chi connectivity index (χ4n) is 5.74. The molecular weight excluding hydrogens is 779 g/mol. The highest BCUT2D eigenvalue weighted by Gasteiger charge is 2.15. The van der Waals surface area contributed by atoms with E-state index in [4.69, 9.17) is 28.4 Å². The van der Waals surface area contributed by atoms with Crippen molar-refractivity contribution in [2.45, 2.75) is 51.4 Å². The molecule has 13 nitrogen and oxygen atoms in total. The molecule has 0 fully saturated rings. The summed E-state index contributed by atoms with van der Waals surface area (Å²) in [5.41, 5.74) is 4.67. The van der Waals surface area contributed by atoms with Gasteiger partial charge in [0.05, 0.1) is 49.3 Å². The van der Waals surface area contributed by atoms with E-state index in [1.54, 1.807) is 60.7 Å². The van der Waals surface area contributed by atoms with Crippen molar-refractivity contribution in [3.05, 3.63) is 145 Å². The van der Waals surface area contributed by atoms with Crippen LogP contribution in [0.5, 0.6) is 23.0 Å². The van der Waals surface area contributed by atoms with Crippen LogP contribution in [0.1, 0.15) is 77.6 Å². The van der Waals surface area contributed by atoms with Crippen molar-refractivity contribution in [1.82, 2.24) is 4.98 Å². The molecule has 4 aromatic carbocycles. The number of fused-ring (bicyclic) bond motifs is 1. The summed E-state index contributed by atoms with van der Waals surface area (Å²) in [7, 11) is 0. The molecule has 5 rings (SSSR count). The molecule has 0 atom stereocenters. The number of nitrogens with zero attached hydrogens (tertiary/aromatic N) is 2. The van der Waals surface area contributed by atoms with Gasteiger partial charge in [0.2, 0.25) is 0 Å². The Morgan fingerprint density at radius 2 is 1.10 bits per heavy atom. The SMILES string of the molecule is C=CC(=O)OCCCCCCOc1ccc(C(=O)Oc2ccc(OC(=O)c3ccc(OCCCCCCOC(=O)C=C)cc3)c(/C=N\Nc3ccc4ccccc4n3)c2)cc1. The van der Waals surface area contributed by atoms with Crippen molar-refractivity contribution >= 4 is 46.8 Å². The largest absolute Gasteiger partial charge is 0.494 e. The van der Waals surface area contributed by atoms with Crippen LogP contribution >= 0.6 is 0 Å². The lowest BCUT2D eigenvalue weighted by Crippen LogP contribution is -2.11. The molecule has 0 aliphatic rings. The van der Waals surface area contributed by atoms with E-state index in [-0.39, 0.29) is 11.5 Å². The lowest BCUT2D eigenvalue weighted by molar-refractivity contribution is -0.138. The first kappa shape index (κ1) is 44.8. The summed E-state index contributed by atoms with van der Waals surface area (Å²) in [6.07, 6.45) is 10.6. The minimum absolute atomic E-state index is 0.180. The Kier molecular flexibility index (Phi) is 18.1. The van der Waals surface area contributed by atoms with Crippen molar-refractivity contribution < 1.29 is 47.6 Å². The number of benzene rings is 4. The summed E-state index contributed by atoms with van der Waals surface area (Å²) in [6.45, 7) is 8.49. The number of hydrazone groups is 1. The second-order valence-electron chi connectivity index (χ2n) is 13.6. The number of ether oxygens (including phenoxy) is 6. The van der Waals surface area contributed by atoms with Crippen LogP contribution in [-0.2, 0) is 19.1 Å². The van der Waals surface area contributed by atoms with Crippen molar-refractivity contribution in [3.63, 3.8) is 0 Å². The van der Waals surface area contributed by atoms with Crippen LogP contribution in [0.4, 0.5) is 5.82 Å². The van der Waals surface area contributed by atoms with E-state index in [0.717, 1.165) is 74.4 Å². The highest BCUT2D eigenvalue weighted by Crippen LogP contribution is 2.26. The number of carbonyl (C=O) groups excluding carboxylic acids is 4. The van der Waals surface area contributed by atoms with Gasteiger partial charge in [-0.05, 0) is 136 Å². The summed E-state index contributed by atoms with van der Waals surface area (Å²) in [4.78, 5) is 53.3. The zero-order valence-electron chi connectivity index (χ0n) is 33.9. The molecule has 0 saturated heterocycles. The zero-order chi connectivity index (χ0) is 43.1. The van der Waals surface area contributed by atoms with E-state index in [0.29, 0.717) is 60.4 Å². The van der Waals surface area contributed by atoms with Crippen molar-refractivity contribution in [2.75, 3.05) is 31.9 Å². The first-order chi connectivity index (χ1) is 29.8. The minimum atomic E-state index is -0.610. The Hall–Kier alpha value is -7.28. The van der Waals surface area contributed by atoms with Gasteiger partial charge in [-0.15, -0.1) is 0 Å². The van der Waals surface area contributed by atoms with E-state index >= 15 is 0 Å². The molecular formula is C48H49N3O10. The summed E-state index contributed by atoms with van der Waals surface area (Å²) < 4.78 is 33.1. The number of aromatic nitrogens is 1. The third kappa shape index (κ3) is 15.4. The van der Waals surface area contributed by atoms with E-state index in [1.165, 1.54) is 18.3 Å². The molecule has 13 heteroatoms. The fourth-order valence-corrected chi connectivity index (χ4v) is 5.74. The van der Waals surface area contributed by atoms with Gasteiger partial charge < -0.3 is 28.4 Å². The Balaban J connectivity index is 1.16. The van der Waals surface area contributed by atoms with E-state index < -0.39 is 23.9 Å². The van der Waals surface area contributed by atoms with Gasteiger partial charge in [0.15, 0.2) is 0 Å². The van der Waals surface area contributed by atoms with Crippen LogP contribution in [-0.4, -0.2) is 61.5 Å². The average molecular weight is 828 g/mol. The number of carbonyl (C=O) groups is 4. The predicted molar refractivity (Wildman–Crippen MR) is 232 cm³/mol. The Labute approximate surface area is 355 Å². The molecule has 0 spiro atoms. The van der Waals surface area contributed by atoms with Gasteiger partial charge in [-0.1, -0.05) is 31.4 Å². The number of rotatable bonds is 25. The van der Waals surface area contributed by atoms with Gasteiger partial charge in [-0.3, -0.25) is 5.43 Å². The third-order valence-electron chi connectivity index (χ3n) is 8.99. The number of nitrogens with one attached hydrogen (secondary N) is 1. The first-order valence-electron chi connectivity index (χ1n) is 20.1. The van der Waals surface area contributed by atoms with Crippen molar-refractivity contribution in [1.29, 1.82) is 0 Å².